The Balaban J connectivity index is 3.60. The molecule has 1 atom stereocenters. The van der Waals surface area contributed by atoms with Gasteiger partial charge in [0.1, 0.15) is 0 Å². The maximum absolute atomic E-state index is 11.4. The van der Waals surface area contributed by atoms with Gasteiger partial charge in [-0.2, -0.15) is 0 Å². The van der Waals surface area contributed by atoms with Crippen LogP contribution in [0.5, 0.6) is 0 Å². The molecule has 1 amide bonds. The van der Waals surface area contributed by atoms with Crippen molar-refractivity contribution in [1.29, 1.82) is 0 Å². The normalized spacial score (nSPS) is 12.4. The molecule has 1 unspecified atom stereocenters. The average molecular weight is 261 g/mol. The first-order valence-corrected chi connectivity index (χ1v) is 6.42. The maximum Gasteiger partial charge on any atom is 0.221 e. The second kappa shape index (κ2) is 12.8. The topological polar surface area (TPSA) is 85.6 Å². The molecule has 6 heteroatoms. The van der Waals surface area contributed by atoms with Crippen molar-refractivity contribution in [2.75, 3.05) is 47.1 Å². The van der Waals surface area contributed by atoms with Crippen molar-refractivity contribution in [2.45, 2.75) is 25.3 Å². The lowest BCUT2D eigenvalue weighted by atomic mass is 10.1. The van der Waals surface area contributed by atoms with Gasteiger partial charge < -0.3 is 25.8 Å². The molecule has 0 fully saturated rings. The number of methoxy groups -OCH3 is 2. The summed E-state index contributed by atoms with van der Waals surface area (Å²) in [6, 6.07) is 0.269. The fourth-order valence-electron chi connectivity index (χ4n) is 1.58. The van der Waals surface area contributed by atoms with Gasteiger partial charge in [-0.25, -0.2) is 0 Å². The van der Waals surface area contributed by atoms with Crippen molar-refractivity contribution >= 4 is 5.91 Å². The predicted molar refractivity (Wildman–Crippen MR) is 71.5 cm³/mol. The molecule has 0 rings (SSSR count). The Morgan fingerprint density at radius 2 is 2.06 bits per heavy atom. The van der Waals surface area contributed by atoms with Crippen LogP contribution < -0.4 is 16.4 Å². The number of carbonyl (C=O) groups is 1. The minimum atomic E-state index is 0.0366. The summed E-state index contributed by atoms with van der Waals surface area (Å²) in [4.78, 5) is 11.4. The summed E-state index contributed by atoms with van der Waals surface area (Å²) in [6.45, 7) is 3.08. The molecule has 0 spiro atoms. The molecule has 0 heterocycles. The third-order valence-electron chi connectivity index (χ3n) is 2.54. The van der Waals surface area contributed by atoms with Crippen LogP contribution in [0, 0.1) is 0 Å². The van der Waals surface area contributed by atoms with E-state index in [2.05, 4.69) is 10.6 Å². The van der Waals surface area contributed by atoms with Gasteiger partial charge in [0.25, 0.3) is 0 Å². The minimum Gasteiger partial charge on any atom is -0.383 e. The summed E-state index contributed by atoms with van der Waals surface area (Å²) in [7, 11) is 3.29. The molecule has 0 saturated heterocycles. The molecular weight excluding hydrogens is 234 g/mol. The molecule has 0 aliphatic carbocycles. The Kier molecular flexibility index (Phi) is 12.3. The van der Waals surface area contributed by atoms with E-state index in [0.717, 1.165) is 12.8 Å². The summed E-state index contributed by atoms with van der Waals surface area (Å²) in [5.74, 6) is 0.0366. The van der Waals surface area contributed by atoms with Crippen LogP contribution in [-0.4, -0.2) is 59.0 Å². The van der Waals surface area contributed by atoms with E-state index in [0.29, 0.717) is 39.3 Å². The molecule has 0 saturated carbocycles. The van der Waals surface area contributed by atoms with Crippen LogP contribution in [0.3, 0.4) is 0 Å². The van der Waals surface area contributed by atoms with Gasteiger partial charge in [-0.05, 0) is 19.4 Å². The van der Waals surface area contributed by atoms with E-state index in [-0.39, 0.29) is 11.9 Å². The Hall–Kier alpha value is -0.690. The Labute approximate surface area is 110 Å². The number of hydrogen-bond acceptors (Lipinski definition) is 5. The quantitative estimate of drug-likeness (QED) is 0.412. The van der Waals surface area contributed by atoms with Crippen LogP contribution in [0.15, 0.2) is 0 Å². The van der Waals surface area contributed by atoms with Crippen LogP contribution in [-0.2, 0) is 14.3 Å². The molecule has 0 bridgehead atoms. The molecule has 0 aromatic heterocycles. The number of amides is 1. The highest BCUT2D eigenvalue weighted by Gasteiger charge is 2.08. The Morgan fingerprint density at radius 1 is 1.28 bits per heavy atom. The number of hydrogen-bond donors (Lipinski definition) is 3. The zero-order valence-corrected chi connectivity index (χ0v) is 11.5. The van der Waals surface area contributed by atoms with Crippen LogP contribution in [0.4, 0.5) is 0 Å². The molecule has 18 heavy (non-hydrogen) atoms. The minimum absolute atomic E-state index is 0.0366. The summed E-state index contributed by atoms with van der Waals surface area (Å²) < 4.78 is 9.97. The van der Waals surface area contributed by atoms with E-state index in [1.54, 1.807) is 14.2 Å². The molecule has 0 radical (unpaired) electrons. The average Bonchev–Trinajstić information content (AvgIpc) is 2.36. The van der Waals surface area contributed by atoms with Crippen LogP contribution in [0.1, 0.15) is 19.3 Å². The lowest BCUT2D eigenvalue weighted by molar-refractivity contribution is -0.121. The first-order chi connectivity index (χ1) is 8.74. The van der Waals surface area contributed by atoms with Gasteiger partial charge in [-0.15, -0.1) is 0 Å². The number of carbonyl (C=O) groups excluding carboxylic acids is 1. The van der Waals surface area contributed by atoms with Gasteiger partial charge in [0, 0.05) is 39.8 Å². The van der Waals surface area contributed by atoms with E-state index in [1.165, 1.54) is 0 Å². The maximum atomic E-state index is 11.4. The summed E-state index contributed by atoms with van der Waals surface area (Å²) in [6.07, 6.45) is 2.39. The predicted octanol–water partition coefficient (Wildman–Crippen LogP) is -0.517. The van der Waals surface area contributed by atoms with Crippen molar-refractivity contribution < 1.29 is 14.3 Å². The number of nitrogens with one attached hydrogen (secondary N) is 2. The van der Waals surface area contributed by atoms with Gasteiger partial charge in [-0.3, -0.25) is 4.79 Å². The van der Waals surface area contributed by atoms with E-state index in [9.17, 15) is 4.79 Å². The molecule has 0 aliphatic rings. The molecular formula is C12H27N3O3. The first kappa shape index (κ1) is 17.3. The van der Waals surface area contributed by atoms with E-state index >= 15 is 0 Å². The molecule has 0 aliphatic heterocycles. The van der Waals surface area contributed by atoms with Crippen molar-refractivity contribution in [2.24, 2.45) is 5.73 Å². The van der Waals surface area contributed by atoms with Gasteiger partial charge in [0.05, 0.1) is 13.2 Å². The van der Waals surface area contributed by atoms with Crippen LogP contribution >= 0.6 is 0 Å². The van der Waals surface area contributed by atoms with E-state index in [1.807, 2.05) is 0 Å². The Morgan fingerprint density at radius 3 is 2.67 bits per heavy atom. The molecule has 6 nitrogen and oxygen atoms in total. The largest absolute Gasteiger partial charge is 0.383 e. The third kappa shape index (κ3) is 10.5. The summed E-state index contributed by atoms with van der Waals surface area (Å²) >= 11 is 0. The molecule has 0 aromatic carbocycles. The fourth-order valence-corrected chi connectivity index (χ4v) is 1.58. The summed E-state index contributed by atoms with van der Waals surface area (Å²) in [5, 5.41) is 6.08. The fraction of sp³-hybridized carbons (Fsp3) is 0.917. The third-order valence-corrected chi connectivity index (χ3v) is 2.54. The van der Waals surface area contributed by atoms with Crippen molar-refractivity contribution in [3.8, 4) is 0 Å². The first-order valence-electron chi connectivity index (χ1n) is 6.42. The lowest BCUT2D eigenvalue weighted by Gasteiger charge is -2.17. The highest BCUT2D eigenvalue weighted by molar-refractivity contribution is 5.76. The number of ether oxygens (including phenoxy) is 2. The molecule has 4 N–H and O–H groups in total. The van der Waals surface area contributed by atoms with Gasteiger partial charge >= 0.3 is 0 Å². The van der Waals surface area contributed by atoms with Crippen molar-refractivity contribution in [3.05, 3.63) is 0 Å². The number of nitrogens with two attached hydrogens (primary N) is 1. The van der Waals surface area contributed by atoms with Crippen LogP contribution in [0.2, 0.25) is 0 Å². The summed E-state index contributed by atoms with van der Waals surface area (Å²) in [5.41, 5.74) is 5.47. The van der Waals surface area contributed by atoms with Crippen LogP contribution in [0.25, 0.3) is 0 Å². The molecule has 108 valence electrons. The highest BCUT2D eigenvalue weighted by Crippen LogP contribution is 1.97. The number of rotatable bonds is 12. The van der Waals surface area contributed by atoms with E-state index < -0.39 is 0 Å². The standard InChI is InChI=1S/C12H27N3O3/c1-17-9-8-15-12(16)5-7-14-11(10-18-2)4-3-6-13/h11,14H,3-10,13H2,1-2H3,(H,15,16). The van der Waals surface area contributed by atoms with Gasteiger partial charge in [0.15, 0.2) is 0 Å². The van der Waals surface area contributed by atoms with E-state index in [4.69, 9.17) is 15.2 Å². The van der Waals surface area contributed by atoms with Gasteiger partial charge in [0.2, 0.25) is 5.91 Å². The second-order valence-corrected chi connectivity index (χ2v) is 4.13. The van der Waals surface area contributed by atoms with Crippen molar-refractivity contribution in [3.63, 3.8) is 0 Å². The molecule has 0 aromatic rings. The zero-order chi connectivity index (χ0) is 13.6. The Bertz CT molecular complexity index is 203. The second-order valence-electron chi connectivity index (χ2n) is 4.13. The monoisotopic (exact) mass is 261 g/mol. The smallest absolute Gasteiger partial charge is 0.221 e. The zero-order valence-electron chi connectivity index (χ0n) is 11.5. The lowest BCUT2D eigenvalue weighted by Crippen LogP contribution is -2.37. The highest BCUT2D eigenvalue weighted by atomic mass is 16.5. The SMILES string of the molecule is COCCNC(=O)CCNC(CCCN)COC. The van der Waals surface area contributed by atoms with Gasteiger partial charge in [-0.1, -0.05) is 0 Å². The van der Waals surface area contributed by atoms with Crippen molar-refractivity contribution in [1.82, 2.24) is 10.6 Å².